The van der Waals surface area contributed by atoms with Crippen LogP contribution in [0.2, 0.25) is 0 Å². The van der Waals surface area contributed by atoms with Gasteiger partial charge in [0.2, 0.25) is 0 Å². The summed E-state index contributed by atoms with van der Waals surface area (Å²) in [6.45, 7) is 11.3. The van der Waals surface area contributed by atoms with Gasteiger partial charge in [-0.1, -0.05) is 41.5 Å². The molecule has 0 aliphatic carbocycles. The molecule has 0 amide bonds. The maximum absolute atomic E-state index is 13.2. The lowest BCUT2D eigenvalue weighted by atomic mass is 9.81. The zero-order chi connectivity index (χ0) is 30.7. The van der Waals surface area contributed by atoms with Crippen molar-refractivity contribution in [3.63, 3.8) is 0 Å². The molecule has 2 aliphatic rings. The number of benzene rings is 3. The topological polar surface area (TPSA) is 139 Å². The van der Waals surface area contributed by atoms with E-state index in [0.29, 0.717) is 11.1 Å². The van der Waals surface area contributed by atoms with Crippen LogP contribution in [0, 0.1) is 0 Å². The predicted molar refractivity (Wildman–Crippen MR) is 146 cm³/mol. The van der Waals surface area contributed by atoms with Gasteiger partial charge in [-0.05, 0) is 59.4 Å². The number of esters is 6. The summed E-state index contributed by atoms with van der Waals surface area (Å²) in [5.41, 5.74) is 0.108. The molecule has 0 fully saturated rings. The second-order valence-corrected chi connectivity index (χ2v) is 12.0. The standard InChI is InChI=1S/C32H26O10/c1-31(2,3)21-13-24(40-26(34)16-8-10-18-20(12-16)30(38)42-28(18)36)22(32(4,5)6)14-23(21)39-25(33)15-7-9-17-19(11-15)29(37)41-27(17)35/h7-14H,1-6H3. The average Bonchev–Trinajstić information content (AvgIpc) is 3.35. The monoisotopic (exact) mass is 570 g/mol. The van der Waals surface area contributed by atoms with Gasteiger partial charge in [0.1, 0.15) is 11.5 Å². The zero-order valence-corrected chi connectivity index (χ0v) is 23.7. The van der Waals surface area contributed by atoms with Crippen LogP contribution in [0.5, 0.6) is 11.5 Å². The van der Waals surface area contributed by atoms with Crippen molar-refractivity contribution in [2.24, 2.45) is 0 Å². The number of carbonyl (C=O) groups excluding carboxylic acids is 6. The quantitative estimate of drug-likeness (QED) is 0.229. The van der Waals surface area contributed by atoms with Crippen molar-refractivity contribution in [2.75, 3.05) is 0 Å². The van der Waals surface area contributed by atoms with Crippen LogP contribution in [0.4, 0.5) is 0 Å². The van der Waals surface area contributed by atoms with Crippen molar-refractivity contribution < 1.29 is 47.7 Å². The van der Waals surface area contributed by atoms with Crippen molar-refractivity contribution in [3.8, 4) is 11.5 Å². The summed E-state index contributed by atoms with van der Waals surface area (Å²) in [6, 6.07) is 11.2. The van der Waals surface area contributed by atoms with Gasteiger partial charge in [0.15, 0.2) is 0 Å². The molecule has 0 N–H and O–H groups in total. The van der Waals surface area contributed by atoms with E-state index < -0.39 is 46.6 Å². The maximum Gasteiger partial charge on any atom is 0.346 e. The maximum atomic E-state index is 13.2. The van der Waals surface area contributed by atoms with Gasteiger partial charge < -0.3 is 18.9 Å². The third kappa shape index (κ3) is 5.07. The summed E-state index contributed by atoms with van der Waals surface area (Å²) < 4.78 is 20.9. The summed E-state index contributed by atoms with van der Waals surface area (Å²) in [4.78, 5) is 74.0. The van der Waals surface area contributed by atoms with Gasteiger partial charge >= 0.3 is 35.8 Å². The minimum Gasteiger partial charge on any atom is -0.423 e. The first-order chi connectivity index (χ1) is 19.5. The Morgan fingerprint density at radius 3 is 1.19 bits per heavy atom. The van der Waals surface area contributed by atoms with E-state index in [1.54, 1.807) is 12.1 Å². The van der Waals surface area contributed by atoms with Crippen molar-refractivity contribution in [1.29, 1.82) is 0 Å². The second-order valence-electron chi connectivity index (χ2n) is 12.0. The first-order valence-electron chi connectivity index (χ1n) is 13.0. The molecule has 0 atom stereocenters. The van der Waals surface area contributed by atoms with Gasteiger partial charge in [-0.15, -0.1) is 0 Å². The zero-order valence-electron chi connectivity index (χ0n) is 23.7. The Hall–Kier alpha value is -5.12. The predicted octanol–water partition coefficient (Wildman–Crippen LogP) is 5.34. The molecule has 5 rings (SSSR count). The summed E-state index contributed by atoms with van der Waals surface area (Å²) in [6.07, 6.45) is 0. The highest BCUT2D eigenvalue weighted by Gasteiger charge is 2.33. The Kier molecular flexibility index (Phi) is 6.60. The third-order valence-corrected chi connectivity index (χ3v) is 6.86. The highest BCUT2D eigenvalue weighted by atomic mass is 16.6. The van der Waals surface area contributed by atoms with E-state index in [0.717, 1.165) is 0 Å². The molecule has 0 aromatic heterocycles. The number of cyclic esters (lactones) is 4. The molecule has 3 aromatic rings. The molecule has 0 saturated heterocycles. The molecular weight excluding hydrogens is 544 g/mol. The minimum atomic E-state index is -0.840. The SMILES string of the molecule is CC(C)(C)c1cc(OC(=O)c2ccc3c(c2)C(=O)OC3=O)c(C(C)(C)C)cc1OC(=O)c1ccc2c(c1)C(=O)OC2=O. The molecule has 2 aliphatic heterocycles. The molecule has 42 heavy (non-hydrogen) atoms. The lowest BCUT2D eigenvalue weighted by Crippen LogP contribution is -2.21. The summed E-state index contributed by atoms with van der Waals surface area (Å²) in [7, 11) is 0. The Bertz CT molecular complexity index is 1620. The van der Waals surface area contributed by atoms with Crippen molar-refractivity contribution in [1.82, 2.24) is 0 Å². The number of rotatable bonds is 4. The molecule has 214 valence electrons. The lowest BCUT2D eigenvalue weighted by molar-refractivity contribution is 0.0425. The van der Waals surface area contributed by atoms with Crippen molar-refractivity contribution in [2.45, 2.75) is 52.4 Å². The van der Waals surface area contributed by atoms with Crippen LogP contribution < -0.4 is 9.47 Å². The smallest absolute Gasteiger partial charge is 0.346 e. The van der Waals surface area contributed by atoms with Gasteiger partial charge in [-0.2, -0.15) is 0 Å². The fourth-order valence-corrected chi connectivity index (χ4v) is 4.64. The van der Waals surface area contributed by atoms with E-state index in [1.165, 1.54) is 36.4 Å². The van der Waals surface area contributed by atoms with E-state index in [2.05, 4.69) is 9.47 Å². The van der Waals surface area contributed by atoms with Crippen LogP contribution in [-0.2, 0) is 20.3 Å². The van der Waals surface area contributed by atoms with Crippen LogP contribution in [0.1, 0.15) is 115 Å². The van der Waals surface area contributed by atoms with Crippen LogP contribution in [-0.4, -0.2) is 35.8 Å². The number of hydrogen-bond acceptors (Lipinski definition) is 10. The highest BCUT2D eigenvalue weighted by Crippen LogP contribution is 2.42. The summed E-state index contributed by atoms with van der Waals surface area (Å²) in [5.74, 6) is -4.33. The largest absolute Gasteiger partial charge is 0.423 e. The molecule has 0 radical (unpaired) electrons. The first-order valence-corrected chi connectivity index (χ1v) is 13.0. The highest BCUT2D eigenvalue weighted by molar-refractivity contribution is 6.16. The number of carbonyl (C=O) groups is 6. The Morgan fingerprint density at radius 1 is 0.524 bits per heavy atom. The van der Waals surface area contributed by atoms with E-state index in [-0.39, 0.29) is 44.9 Å². The molecule has 0 spiro atoms. The molecule has 10 heteroatoms. The summed E-state index contributed by atoms with van der Waals surface area (Å²) in [5, 5.41) is 0. The molecule has 0 unspecified atom stereocenters. The van der Waals surface area contributed by atoms with Crippen molar-refractivity contribution >= 4 is 35.8 Å². The second kappa shape index (κ2) is 9.76. The lowest BCUT2D eigenvalue weighted by Gasteiger charge is -2.28. The fourth-order valence-electron chi connectivity index (χ4n) is 4.64. The number of fused-ring (bicyclic) bond motifs is 2. The molecule has 10 nitrogen and oxygen atoms in total. The molecule has 3 aromatic carbocycles. The minimum absolute atomic E-state index is 0.0210. The van der Waals surface area contributed by atoms with Crippen LogP contribution in [0.3, 0.4) is 0 Å². The first kappa shape index (κ1) is 28.4. The number of ether oxygens (including phenoxy) is 4. The normalized spacial score (nSPS) is 14.2. The molecule has 2 heterocycles. The van der Waals surface area contributed by atoms with Gasteiger partial charge in [0.25, 0.3) is 0 Å². The Morgan fingerprint density at radius 2 is 0.857 bits per heavy atom. The molecule has 0 bridgehead atoms. The molecular formula is C32H26O10. The van der Waals surface area contributed by atoms with E-state index >= 15 is 0 Å². The van der Waals surface area contributed by atoms with Gasteiger partial charge in [-0.25, -0.2) is 28.8 Å². The molecule has 0 saturated carbocycles. The van der Waals surface area contributed by atoms with Crippen LogP contribution >= 0.6 is 0 Å². The van der Waals surface area contributed by atoms with E-state index in [1.807, 2.05) is 41.5 Å². The van der Waals surface area contributed by atoms with Gasteiger partial charge in [0.05, 0.1) is 33.4 Å². The van der Waals surface area contributed by atoms with Crippen LogP contribution in [0.15, 0.2) is 48.5 Å². The van der Waals surface area contributed by atoms with Gasteiger partial charge in [0, 0.05) is 11.1 Å². The van der Waals surface area contributed by atoms with Gasteiger partial charge in [-0.3, -0.25) is 0 Å². The van der Waals surface area contributed by atoms with E-state index in [9.17, 15) is 28.8 Å². The Labute approximate surface area is 240 Å². The third-order valence-electron chi connectivity index (χ3n) is 6.86. The van der Waals surface area contributed by atoms with E-state index in [4.69, 9.17) is 9.47 Å². The van der Waals surface area contributed by atoms with Crippen molar-refractivity contribution in [3.05, 3.63) is 93.0 Å². The average molecular weight is 571 g/mol. The number of hydrogen-bond donors (Lipinski definition) is 0. The Balaban J connectivity index is 1.52. The summed E-state index contributed by atoms with van der Waals surface area (Å²) >= 11 is 0. The fraction of sp³-hybridized carbons (Fsp3) is 0.250. The van der Waals surface area contributed by atoms with Crippen LogP contribution in [0.25, 0.3) is 0 Å².